The molecule has 0 bridgehead atoms. The van der Waals surface area contributed by atoms with Crippen molar-refractivity contribution in [1.82, 2.24) is 0 Å². The molecule has 0 aromatic heterocycles. The van der Waals surface area contributed by atoms with Crippen molar-refractivity contribution in [2.45, 2.75) is 39.0 Å². The molecule has 1 fully saturated rings. The third-order valence-corrected chi connectivity index (χ3v) is 4.41. The number of carboxylic acids is 1. The van der Waals surface area contributed by atoms with Gasteiger partial charge in [0.15, 0.2) is 0 Å². The van der Waals surface area contributed by atoms with Crippen LogP contribution in [-0.4, -0.2) is 16.0 Å². The number of nitro groups is 1. The monoisotopic (exact) mass is 277 g/mol. The Morgan fingerprint density at radius 1 is 1.55 bits per heavy atom. The Morgan fingerprint density at radius 2 is 2.30 bits per heavy atom. The Kier molecular flexibility index (Phi) is 4.06. The molecule has 1 aliphatic rings. The van der Waals surface area contributed by atoms with Crippen LogP contribution in [0.3, 0.4) is 0 Å². The van der Waals surface area contributed by atoms with Gasteiger partial charge in [0.05, 0.1) is 10.3 Å². The van der Waals surface area contributed by atoms with E-state index in [2.05, 4.69) is 6.92 Å². The summed E-state index contributed by atoms with van der Waals surface area (Å²) in [6, 6.07) is 6.32. The Labute approximate surface area is 117 Å². The topological polar surface area (TPSA) is 80.4 Å². The van der Waals surface area contributed by atoms with Crippen LogP contribution in [0.15, 0.2) is 24.3 Å². The molecule has 0 radical (unpaired) electrons. The third kappa shape index (κ3) is 2.81. The molecule has 2 rings (SSSR count). The third-order valence-electron chi connectivity index (χ3n) is 4.41. The van der Waals surface area contributed by atoms with Gasteiger partial charge in [0.1, 0.15) is 0 Å². The number of benzene rings is 1. The van der Waals surface area contributed by atoms with Crippen LogP contribution in [-0.2, 0) is 11.2 Å². The van der Waals surface area contributed by atoms with E-state index in [0.29, 0.717) is 25.2 Å². The van der Waals surface area contributed by atoms with E-state index in [9.17, 15) is 20.0 Å². The van der Waals surface area contributed by atoms with Gasteiger partial charge in [-0.15, -0.1) is 0 Å². The summed E-state index contributed by atoms with van der Waals surface area (Å²) in [5.74, 6) is -0.329. The summed E-state index contributed by atoms with van der Waals surface area (Å²) < 4.78 is 0. The Bertz CT molecular complexity index is 528. The smallest absolute Gasteiger partial charge is 0.309 e. The Balaban J connectivity index is 2.23. The predicted octanol–water partition coefficient (Wildman–Crippen LogP) is 3.42. The van der Waals surface area contributed by atoms with Crippen molar-refractivity contribution in [1.29, 1.82) is 0 Å². The average Bonchev–Trinajstić information content (AvgIpc) is 2.84. The van der Waals surface area contributed by atoms with Gasteiger partial charge in [-0.3, -0.25) is 14.9 Å². The summed E-state index contributed by atoms with van der Waals surface area (Å²) in [5.41, 5.74) is 0.00189. The maximum Gasteiger partial charge on any atom is 0.309 e. The molecule has 0 saturated heterocycles. The maximum absolute atomic E-state index is 11.7. The van der Waals surface area contributed by atoms with Crippen molar-refractivity contribution >= 4 is 11.7 Å². The van der Waals surface area contributed by atoms with Crippen LogP contribution < -0.4 is 0 Å². The van der Waals surface area contributed by atoms with E-state index in [1.807, 2.05) is 0 Å². The summed E-state index contributed by atoms with van der Waals surface area (Å²) in [6.45, 7) is 2.08. The van der Waals surface area contributed by atoms with Crippen LogP contribution in [0, 0.1) is 21.4 Å². The predicted molar refractivity (Wildman–Crippen MR) is 74.5 cm³/mol. The standard InChI is InChI=1S/C15H19NO4/c1-2-11-6-7-15(9-11,14(17)18)10-12-4-3-5-13(8-12)16(19)20/h3-5,8,11H,2,6-7,9-10H2,1H3,(H,17,18). The van der Waals surface area contributed by atoms with Crippen LogP contribution >= 0.6 is 0 Å². The second kappa shape index (κ2) is 5.61. The molecule has 0 amide bonds. The number of carbonyl (C=O) groups is 1. The van der Waals surface area contributed by atoms with Gasteiger partial charge in [-0.25, -0.2) is 0 Å². The highest BCUT2D eigenvalue weighted by molar-refractivity contribution is 5.75. The van der Waals surface area contributed by atoms with E-state index in [4.69, 9.17) is 0 Å². The summed E-state index contributed by atoms with van der Waals surface area (Å²) in [6.07, 6.45) is 3.62. The van der Waals surface area contributed by atoms with Crippen molar-refractivity contribution in [3.05, 3.63) is 39.9 Å². The van der Waals surface area contributed by atoms with Gasteiger partial charge >= 0.3 is 5.97 Å². The lowest BCUT2D eigenvalue weighted by molar-refractivity contribution is -0.384. The summed E-state index contributed by atoms with van der Waals surface area (Å²) in [5, 5.41) is 20.4. The van der Waals surface area contributed by atoms with E-state index < -0.39 is 16.3 Å². The maximum atomic E-state index is 11.7. The molecular formula is C15H19NO4. The molecule has 1 N–H and O–H groups in total. The fourth-order valence-electron chi connectivity index (χ4n) is 3.19. The SMILES string of the molecule is CCC1CCC(Cc2cccc([N+](=O)[O-])c2)(C(=O)O)C1. The molecule has 2 atom stereocenters. The molecule has 2 unspecified atom stereocenters. The van der Waals surface area contributed by atoms with Gasteiger partial charge in [0.2, 0.25) is 0 Å². The number of non-ortho nitro benzene ring substituents is 1. The molecule has 1 aromatic carbocycles. The van der Waals surface area contributed by atoms with Gasteiger partial charge < -0.3 is 5.11 Å². The van der Waals surface area contributed by atoms with Gasteiger partial charge in [-0.2, -0.15) is 0 Å². The first-order valence-corrected chi connectivity index (χ1v) is 6.93. The number of hydrogen-bond acceptors (Lipinski definition) is 3. The van der Waals surface area contributed by atoms with Gasteiger partial charge in [0.25, 0.3) is 5.69 Å². The molecule has 1 aromatic rings. The highest BCUT2D eigenvalue weighted by atomic mass is 16.6. The minimum absolute atomic E-state index is 0.0214. The van der Waals surface area contributed by atoms with Crippen LogP contribution in [0.1, 0.15) is 38.2 Å². The first kappa shape index (κ1) is 14.5. The van der Waals surface area contributed by atoms with Crippen molar-refractivity contribution < 1.29 is 14.8 Å². The Morgan fingerprint density at radius 3 is 2.85 bits per heavy atom. The van der Waals surface area contributed by atoms with Gasteiger partial charge in [-0.1, -0.05) is 25.5 Å². The Hall–Kier alpha value is -1.91. The van der Waals surface area contributed by atoms with Crippen molar-refractivity contribution in [3.63, 3.8) is 0 Å². The lowest BCUT2D eigenvalue weighted by atomic mass is 9.79. The minimum atomic E-state index is -0.778. The highest BCUT2D eigenvalue weighted by Crippen LogP contribution is 2.45. The molecular weight excluding hydrogens is 258 g/mol. The number of aliphatic carboxylic acids is 1. The van der Waals surface area contributed by atoms with Crippen LogP contribution in [0.5, 0.6) is 0 Å². The molecule has 5 heteroatoms. The van der Waals surface area contributed by atoms with Crippen molar-refractivity contribution in [2.24, 2.45) is 11.3 Å². The fourth-order valence-corrected chi connectivity index (χ4v) is 3.19. The van der Waals surface area contributed by atoms with Crippen LogP contribution in [0.25, 0.3) is 0 Å². The first-order chi connectivity index (χ1) is 9.47. The molecule has 0 heterocycles. The van der Waals surface area contributed by atoms with Gasteiger partial charge in [0, 0.05) is 12.1 Å². The summed E-state index contributed by atoms with van der Waals surface area (Å²) >= 11 is 0. The molecule has 1 saturated carbocycles. The molecule has 1 aliphatic carbocycles. The van der Waals surface area contributed by atoms with Crippen molar-refractivity contribution in [2.75, 3.05) is 0 Å². The molecule has 20 heavy (non-hydrogen) atoms. The largest absolute Gasteiger partial charge is 0.481 e. The minimum Gasteiger partial charge on any atom is -0.481 e. The number of hydrogen-bond donors (Lipinski definition) is 1. The molecule has 108 valence electrons. The second-order valence-corrected chi connectivity index (χ2v) is 5.71. The van der Waals surface area contributed by atoms with E-state index in [0.717, 1.165) is 18.4 Å². The van der Waals surface area contributed by atoms with Crippen LogP contribution in [0.4, 0.5) is 5.69 Å². The number of rotatable bonds is 5. The van der Waals surface area contributed by atoms with E-state index >= 15 is 0 Å². The number of nitro benzene ring substituents is 1. The quantitative estimate of drug-likeness (QED) is 0.660. The zero-order valence-electron chi connectivity index (χ0n) is 11.5. The first-order valence-electron chi connectivity index (χ1n) is 6.93. The highest BCUT2D eigenvalue weighted by Gasteiger charge is 2.44. The summed E-state index contributed by atoms with van der Waals surface area (Å²) in [4.78, 5) is 22.0. The number of carboxylic acid groups (broad SMARTS) is 1. The van der Waals surface area contributed by atoms with E-state index in [1.165, 1.54) is 12.1 Å². The van der Waals surface area contributed by atoms with E-state index in [-0.39, 0.29) is 5.69 Å². The second-order valence-electron chi connectivity index (χ2n) is 5.71. The lowest BCUT2D eigenvalue weighted by Crippen LogP contribution is -2.30. The van der Waals surface area contributed by atoms with Crippen LogP contribution in [0.2, 0.25) is 0 Å². The van der Waals surface area contributed by atoms with E-state index in [1.54, 1.807) is 12.1 Å². The lowest BCUT2D eigenvalue weighted by Gasteiger charge is -2.24. The van der Waals surface area contributed by atoms with Gasteiger partial charge in [-0.05, 0) is 37.2 Å². The fraction of sp³-hybridized carbons (Fsp3) is 0.533. The summed E-state index contributed by atoms with van der Waals surface area (Å²) in [7, 11) is 0. The molecule has 5 nitrogen and oxygen atoms in total. The average molecular weight is 277 g/mol. The normalized spacial score (nSPS) is 25.6. The number of nitrogens with zero attached hydrogens (tertiary/aromatic N) is 1. The zero-order valence-corrected chi connectivity index (χ0v) is 11.5. The zero-order chi connectivity index (χ0) is 14.8. The molecule has 0 aliphatic heterocycles. The van der Waals surface area contributed by atoms with Crippen molar-refractivity contribution in [3.8, 4) is 0 Å². The molecule has 0 spiro atoms.